The van der Waals surface area contributed by atoms with Gasteiger partial charge >= 0.3 is 0 Å². The van der Waals surface area contributed by atoms with Crippen LogP contribution in [-0.2, 0) is 0 Å². The lowest BCUT2D eigenvalue weighted by Gasteiger charge is -2.28. The van der Waals surface area contributed by atoms with Gasteiger partial charge in [-0.05, 0) is 13.8 Å². The van der Waals surface area contributed by atoms with Crippen molar-refractivity contribution >= 4 is 0 Å². The van der Waals surface area contributed by atoms with Crippen molar-refractivity contribution in [1.82, 2.24) is 0 Å². The number of piperidine rings is 1. The van der Waals surface area contributed by atoms with Crippen LogP contribution in [0.1, 0.15) is 38.3 Å². The van der Waals surface area contributed by atoms with E-state index < -0.39 is 0 Å². The molecule has 2 rings (SSSR count). The van der Waals surface area contributed by atoms with Gasteiger partial charge in [0.1, 0.15) is 6.04 Å². The molecule has 0 radical (unpaired) electrons. The van der Waals surface area contributed by atoms with Crippen LogP contribution in [-0.4, -0.2) is 25.7 Å². The topological polar surface area (TPSA) is 21.1 Å². The van der Waals surface area contributed by atoms with Crippen molar-refractivity contribution in [3.8, 4) is 0 Å². The zero-order chi connectivity index (χ0) is 12.1. The Balaban J connectivity index is 1.82. The van der Waals surface area contributed by atoms with Gasteiger partial charge < -0.3 is 10.2 Å². The van der Waals surface area contributed by atoms with E-state index in [4.69, 9.17) is 0 Å². The minimum atomic E-state index is 0.601. The number of hydrogen-bond donors (Lipinski definition) is 2. The summed E-state index contributed by atoms with van der Waals surface area (Å²) in [5, 5.41) is 2.57. The summed E-state index contributed by atoms with van der Waals surface area (Å²) in [6, 6.07) is 12.3. The molecule has 1 fully saturated rings. The van der Waals surface area contributed by atoms with Crippen LogP contribution in [0.25, 0.3) is 0 Å². The normalized spacial score (nSPS) is 26.7. The minimum Gasteiger partial charge on any atom is -0.337 e. The second-order valence-corrected chi connectivity index (χ2v) is 5.33. The fraction of sp³-hybridized carbons (Fsp3) is 0.600. The second kappa shape index (κ2) is 6.18. The van der Waals surface area contributed by atoms with Gasteiger partial charge in [-0.1, -0.05) is 30.3 Å². The van der Waals surface area contributed by atoms with E-state index in [-0.39, 0.29) is 0 Å². The number of quaternary nitrogens is 2. The predicted molar refractivity (Wildman–Crippen MR) is 71.0 cm³/mol. The Labute approximate surface area is 105 Å². The van der Waals surface area contributed by atoms with E-state index in [0.717, 1.165) is 6.04 Å². The smallest absolute Gasteiger partial charge is 0.109 e. The van der Waals surface area contributed by atoms with Crippen LogP contribution in [0.15, 0.2) is 30.3 Å². The first-order valence-corrected chi connectivity index (χ1v) is 7.03. The van der Waals surface area contributed by atoms with Crippen LogP contribution in [0.5, 0.6) is 0 Å². The second-order valence-electron chi connectivity index (χ2n) is 5.33. The Morgan fingerprint density at radius 2 is 1.88 bits per heavy atom. The van der Waals surface area contributed by atoms with Crippen LogP contribution < -0.4 is 10.2 Å². The van der Waals surface area contributed by atoms with Gasteiger partial charge in [-0.25, -0.2) is 0 Å². The molecule has 0 spiro atoms. The standard InChI is InChI=1S/C15H24N2/c1-3-17-11-9-15(10-12-17)16-13(2)14-7-5-4-6-8-14/h4-8,13,15-16H,3,9-12H2,1-2H3/p+2/t13-/m1/s1. The van der Waals surface area contributed by atoms with Crippen LogP contribution in [0, 0.1) is 0 Å². The van der Waals surface area contributed by atoms with Crippen molar-refractivity contribution in [3.63, 3.8) is 0 Å². The molecule has 0 aliphatic carbocycles. The molecule has 0 amide bonds. The number of benzene rings is 1. The van der Waals surface area contributed by atoms with Gasteiger partial charge in [-0.3, -0.25) is 0 Å². The Morgan fingerprint density at radius 3 is 2.47 bits per heavy atom. The van der Waals surface area contributed by atoms with E-state index in [2.05, 4.69) is 49.5 Å². The summed E-state index contributed by atoms with van der Waals surface area (Å²) in [6.45, 7) is 8.64. The number of nitrogens with one attached hydrogen (secondary N) is 1. The van der Waals surface area contributed by atoms with Gasteiger partial charge in [0, 0.05) is 18.4 Å². The average molecular weight is 234 g/mol. The molecule has 1 aliphatic heterocycles. The molecule has 3 N–H and O–H groups in total. The largest absolute Gasteiger partial charge is 0.337 e. The fourth-order valence-electron chi connectivity index (χ4n) is 2.87. The molecule has 1 heterocycles. The molecule has 1 aromatic rings. The number of nitrogens with two attached hydrogens (primary N) is 1. The molecular formula is C15H26N2+2. The Bertz CT molecular complexity index is 315. The third kappa shape index (κ3) is 3.55. The summed E-state index contributed by atoms with van der Waals surface area (Å²) in [4.78, 5) is 1.78. The van der Waals surface area contributed by atoms with Crippen molar-refractivity contribution in [2.24, 2.45) is 0 Å². The highest BCUT2D eigenvalue weighted by molar-refractivity contribution is 5.16. The summed E-state index contributed by atoms with van der Waals surface area (Å²) >= 11 is 0. The van der Waals surface area contributed by atoms with Crippen LogP contribution in [0.4, 0.5) is 0 Å². The van der Waals surface area contributed by atoms with E-state index >= 15 is 0 Å². The highest BCUT2D eigenvalue weighted by Gasteiger charge is 2.25. The molecule has 0 unspecified atom stereocenters. The molecule has 1 saturated heterocycles. The first kappa shape index (κ1) is 12.6. The zero-order valence-electron chi connectivity index (χ0n) is 11.2. The predicted octanol–water partition coefficient (Wildman–Crippen LogP) is 0.378. The Kier molecular flexibility index (Phi) is 4.57. The van der Waals surface area contributed by atoms with Gasteiger partial charge in [0.15, 0.2) is 0 Å². The van der Waals surface area contributed by atoms with E-state index in [0.29, 0.717) is 6.04 Å². The molecule has 2 nitrogen and oxygen atoms in total. The molecule has 0 saturated carbocycles. The van der Waals surface area contributed by atoms with Gasteiger partial charge in [-0.15, -0.1) is 0 Å². The molecular weight excluding hydrogens is 208 g/mol. The fourth-order valence-corrected chi connectivity index (χ4v) is 2.87. The Hall–Kier alpha value is -0.860. The zero-order valence-corrected chi connectivity index (χ0v) is 11.2. The van der Waals surface area contributed by atoms with Crippen molar-refractivity contribution < 1.29 is 10.2 Å². The van der Waals surface area contributed by atoms with Gasteiger partial charge in [0.25, 0.3) is 0 Å². The summed E-state index contributed by atoms with van der Waals surface area (Å²) in [6.07, 6.45) is 2.75. The highest BCUT2D eigenvalue weighted by atomic mass is 15.1. The molecule has 0 bridgehead atoms. The summed E-state index contributed by atoms with van der Waals surface area (Å²) in [5.41, 5.74) is 1.46. The molecule has 17 heavy (non-hydrogen) atoms. The SMILES string of the molecule is CC[NH+]1CCC([NH2+][C@H](C)c2ccccc2)CC1. The quantitative estimate of drug-likeness (QED) is 0.751. The first-order chi connectivity index (χ1) is 8.29. The highest BCUT2D eigenvalue weighted by Crippen LogP contribution is 2.07. The third-order valence-electron chi connectivity index (χ3n) is 4.12. The van der Waals surface area contributed by atoms with E-state index in [1.165, 1.54) is 38.0 Å². The Morgan fingerprint density at radius 1 is 1.24 bits per heavy atom. The molecule has 0 aromatic heterocycles. The van der Waals surface area contributed by atoms with Crippen LogP contribution >= 0.6 is 0 Å². The van der Waals surface area contributed by atoms with Crippen molar-refractivity contribution in [2.45, 2.75) is 38.8 Å². The molecule has 94 valence electrons. The maximum atomic E-state index is 2.57. The first-order valence-electron chi connectivity index (χ1n) is 7.03. The third-order valence-corrected chi connectivity index (χ3v) is 4.12. The van der Waals surface area contributed by atoms with Crippen molar-refractivity contribution in [2.75, 3.05) is 19.6 Å². The average Bonchev–Trinajstić information content (AvgIpc) is 2.40. The number of rotatable bonds is 4. The van der Waals surface area contributed by atoms with E-state index in [1.54, 1.807) is 4.90 Å². The van der Waals surface area contributed by atoms with Crippen LogP contribution in [0.3, 0.4) is 0 Å². The summed E-state index contributed by atoms with van der Waals surface area (Å²) < 4.78 is 0. The molecule has 1 aliphatic rings. The van der Waals surface area contributed by atoms with Crippen molar-refractivity contribution in [3.05, 3.63) is 35.9 Å². The van der Waals surface area contributed by atoms with E-state index in [1.807, 2.05) is 0 Å². The van der Waals surface area contributed by atoms with E-state index in [9.17, 15) is 0 Å². The van der Waals surface area contributed by atoms with Crippen molar-refractivity contribution in [1.29, 1.82) is 0 Å². The minimum absolute atomic E-state index is 0.601. The number of likely N-dealkylation sites (tertiary alicyclic amines) is 1. The van der Waals surface area contributed by atoms with Gasteiger partial charge in [0.05, 0.1) is 25.7 Å². The lowest BCUT2D eigenvalue weighted by atomic mass is 10.0. The molecule has 1 aromatic carbocycles. The van der Waals surface area contributed by atoms with Gasteiger partial charge in [-0.2, -0.15) is 0 Å². The van der Waals surface area contributed by atoms with Crippen LogP contribution in [0.2, 0.25) is 0 Å². The monoisotopic (exact) mass is 234 g/mol. The number of hydrogen-bond acceptors (Lipinski definition) is 0. The lowest BCUT2D eigenvalue weighted by Crippen LogP contribution is -3.14. The maximum Gasteiger partial charge on any atom is 0.109 e. The summed E-state index contributed by atoms with van der Waals surface area (Å²) in [5.74, 6) is 0. The molecule has 2 heteroatoms. The van der Waals surface area contributed by atoms with Gasteiger partial charge in [0.2, 0.25) is 0 Å². The lowest BCUT2D eigenvalue weighted by molar-refractivity contribution is -0.912. The summed E-state index contributed by atoms with van der Waals surface area (Å²) in [7, 11) is 0. The molecule has 1 atom stereocenters. The maximum absolute atomic E-state index is 2.57.